The minimum absolute atomic E-state index is 0.0606. The number of carbonyl (C=O) groups excluding carboxylic acids is 1. The molecule has 25 heavy (non-hydrogen) atoms. The Morgan fingerprint density at radius 1 is 1.00 bits per heavy atom. The van der Waals surface area contributed by atoms with Crippen molar-refractivity contribution in [1.29, 1.82) is 0 Å². The van der Waals surface area contributed by atoms with Gasteiger partial charge >= 0.3 is 0 Å². The molecule has 0 atom stereocenters. The average Bonchev–Trinajstić information content (AvgIpc) is 2.64. The van der Waals surface area contributed by atoms with Gasteiger partial charge in [-0.25, -0.2) is 0 Å². The summed E-state index contributed by atoms with van der Waals surface area (Å²) in [5, 5.41) is 3.38. The van der Waals surface area contributed by atoms with Crippen LogP contribution in [0.4, 0.5) is 5.69 Å². The Morgan fingerprint density at radius 3 is 2.44 bits per heavy atom. The van der Waals surface area contributed by atoms with Crippen molar-refractivity contribution < 1.29 is 14.3 Å². The molecule has 1 aliphatic carbocycles. The minimum Gasteiger partial charge on any atom is -0.454 e. The summed E-state index contributed by atoms with van der Waals surface area (Å²) in [7, 11) is 0. The normalized spacial score (nSPS) is 14.9. The van der Waals surface area contributed by atoms with Gasteiger partial charge in [-0.05, 0) is 37.1 Å². The number of rotatable bonds is 6. The molecule has 2 aromatic rings. The van der Waals surface area contributed by atoms with Gasteiger partial charge in [-0.15, -0.1) is 0 Å². The Morgan fingerprint density at radius 2 is 1.68 bits per heavy atom. The summed E-state index contributed by atoms with van der Waals surface area (Å²) in [5.41, 5.74) is 0.597. The van der Waals surface area contributed by atoms with Crippen molar-refractivity contribution in [2.75, 3.05) is 11.9 Å². The van der Waals surface area contributed by atoms with Crippen molar-refractivity contribution >= 4 is 23.2 Å². The van der Waals surface area contributed by atoms with Crippen LogP contribution in [-0.2, 0) is 9.53 Å². The Labute approximate surface area is 153 Å². The lowest BCUT2D eigenvalue weighted by Crippen LogP contribution is -2.24. The molecule has 0 spiro atoms. The zero-order chi connectivity index (χ0) is 17.5. The third-order valence-corrected chi connectivity index (χ3v) is 4.53. The van der Waals surface area contributed by atoms with Gasteiger partial charge in [-0.1, -0.05) is 55.1 Å². The zero-order valence-electron chi connectivity index (χ0n) is 14.0. The second-order valence-corrected chi connectivity index (χ2v) is 6.56. The summed E-state index contributed by atoms with van der Waals surface area (Å²) in [5.74, 6) is 0.909. The van der Waals surface area contributed by atoms with Crippen LogP contribution in [0.3, 0.4) is 0 Å². The highest BCUT2D eigenvalue weighted by atomic mass is 35.5. The first kappa shape index (κ1) is 17.8. The standard InChI is InChI=1S/C20H22ClNO3/c21-16-10-4-6-12-18(16)25-19-13-7-5-11-17(19)22-20(23)14-24-15-8-2-1-3-9-15/h4-7,10-13,15H,1-3,8-9,14H2,(H,22,23). The van der Waals surface area contributed by atoms with E-state index in [0.29, 0.717) is 22.2 Å². The van der Waals surface area contributed by atoms with Crippen LogP contribution in [0.5, 0.6) is 11.5 Å². The van der Waals surface area contributed by atoms with Gasteiger partial charge in [0, 0.05) is 0 Å². The number of halogens is 1. The van der Waals surface area contributed by atoms with Gasteiger partial charge in [0.15, 0.2) is 5.75 Å². The maximum atomic E-state index is 12.2. The quantitative estimate of drug-likeness (QED) is 0.749. The molecule has 1 amide bonds. The summed E-state index contributed by atoms with van der Waals surface area (Å²) in [6, 6.07) is 14.5. The van der Waals surface area contributed by atoms with Crippen molar-refractivity contribution in [1.82, 2.24) is 0 Å². The van der Waals surface area contributed by atoms with E-state index in [2.05, 4.69) is 5.32 Å². The van der Waals surface area contributed by atoms with Gasteiger partial charge in [-0.2, -0.15) is 0 Å². The Hall–Kier alpha value is -2.04. The van der Waals surface area contributed by atoms with Crippen LogP contribution in [0.2, 0.25) is 5.02 Å². The van der Waals surface area contributed by atoms with Gasteiger partial charge in [0.05, 0.1) is 16.8 Å². The lowest BCUT2D eigenvalue weighted by molar-refractivity contribution is -0.123. The third-order valence-electron chi connectivity index (χ3n) is 4.22. The number of benzene rings is 2. The number of carbonyl (C=O) groups is 1. The fourth-order valence-corrected chi connectivity index (χ4v) is 3.09. The molecule has 3 rings (SSSR count). The van der Waals surface area contributed by atoms with E-state index in [4.69, 9.17) is 21.1 Å². The largest absolute Gasteiger partial charge is 0.454 e. The predicted octanol–water partition coefficient (Wildman–Crippen LogP) is 5.42. The number of anilines is 1. The highest BCUT2D eigenvalue weighted by molar-refractivity contribution is 6.32. The molecule has 0 aromatic heterocycles. The summed E-state index contributed by atoms with van der Waals surface area (Å²) >= 11 is 6.14. The number of ether oxygens (including phenoxy) is 2. The topological polar surface area (TPSA) is 47.6 Å². The van der Waals surface area contributed by atoms with Crippen LogP contribution >= 0.6 is 11.6 Å². The van der Waals surface area contributed by atoms with Crippen molar-refractivity contribution in [3.63, 3.8) is 0 Å². The van der Waals surface area contributed by atoms with Crippen molar-refractivity contribution in [3.8, 4) is 11.5 Å². The molecule has 0 saturated heterocycles. The van der Waals surface area contributed by atoms with Crippen LogP contribution in [0.15, 0.2) is 48.5 Å². The lowest BCUT2D eigenvalue weighted by atomic mass is 9.98. The van der Waals surface area contributed by atoms with Gasteiger partial charge in [-0.3, -0.25) is 4.79 Å². The number of hydrogen-bond donors (Lipinski definition) is 1. The lowest BCUT2D eigenvalue weighted by Gasteiger charge is -2.21. The molecule has 132 valence electrons. The first-order valence-electron chi connectivity index (χ1n) is 8.65. The molecule has 1 saturated carbocycles. The fraction of sp³-hybridized carbons (Fsp3) is 0.350. The highest BCUT2D eigenvalue weighted by Crippen LogP contribution is 2.33. The predicted molar refractivity (Wildman–Crippen MR) is 99.4 cm³/mol. The van der Waals surface area contributed by atoms with E-state index in [1.165, 1.54) is 19.3 Å². The van der Waals surface area contributed by atoms with E-state index in [-0.39, 0.29) is 18.6 Å². The smallest absolute Gasteiger partial charge is 0.250 e. The van der Waals surface area contributed by atoms with Crippen LogP contribution in [0.25, 0.3) is 0 Å². The molecule has 0 radical (unpaired) electrons. The Kier molecular flexibility index (Phi) is 6.31. The van der Waals surface area contributed by atoms with Gasteiger partial charge in [0.1, 0.15) is 12.4 Å². The Balaban J connectivity index is 1.60. The fourth-order valence-electron chi connectivity index (χ4n) is 2.92. The van der Waals surface area contributed by atoms with E-state index in [1.807, 2.05) is 24.3 Å². The number of para-hydroxylation sites is 3. The first-order chi connectivity index (χ1) is 12.2. The average molecular weight is 360 g/mol. The van der Waals surface area contributed by atoms with E-state index < -0.39 is 0 Å². The molecule has 1 aliphatic rings. The second-order valence-electron chi connectivity index (χ2n) is 6.15. The monoisotopic (exact) mass is 359 g/mol. The SMILES string of the molecule is O=C(COC1CCCCC1)Nc1ccccc1Oc1ccccc1Cl. The van der Waals surface area contributed by atoms with Crippen molar-refractivity contribution in [3.05, 3.63) is 53.6 Å². The summed E-state index contributed by atoms with van der Waals surface area (Å²) < 4.78 is 11.6. The van der Waals surface area contributed by atoms with Crippen LogP contribution in [0.1, 0.15) is 32.1 Å². The maximum Gasteiger partial charge on any atom is 0.250 e. The molecule has 1 N–H and O–H groups in total. The number of hydrogen-bond acceptors (Lipinski definition) is 3. The van der Waals surface area contributed by atoms with Crippen LogP contribution in [-0.4, -0.2) is 18.6 Å². The first-order valence-corrected chi connectivity index (χ1v) is 9.03. The van der Waals surface area contributed by atoms with Crippen LogP contribution < -0.4 is 10.1 Å². The Bertz CT molecular complexity index is 714. The van der Waals surface area contributed by atoms with Gasteiger partial charge < -0.3 is 14.8 Å². The molecule has 0 heterocycles. The van der Waals surface area contributed by atoms with Crippen LogP contribution in [0, 0.1) is 0 Å². The molecular weight excluding hydrogens is 338 g/mol. The van der Waals surface area contributed by atoms with E-state index in [1.54, 1.807) is 24.3 Å². The van der Waals surface area contributed by atoms with Gasteiger partial charge in [0.2, 0.25) is 5.91 Å². The van der Waals surface area contributed by atoms with E-state index in [0.717, 1.165) is 12.8 Å². The van der Waals surface area contributed by atoms with Gasteiger partial charge in [0.25, 0.3) is 0 Å². The maximum absolute atomic E-state index is 12.2. The highest BCUT2D eigenvalue weighted by Gasteiger charge is 2.16. The number of amides is 1. The van der Waals surface area contributed by atoms with E-state index in [9.17, 15) is 4.79 Å². The summed E-state index contributed by atoms with van der Waals surface area (Å²) in [4.78, 5) is 12.2. The molecule has 2 aromatic carbocycles. The molecule has 0 unspecified atom stereocenters. The molecule has 5 heteroatoms. The molecule has 0 aliphatic heterocycles. The second kappa shape index (κ2) is 8.88. The molecule has 4 nitrogen and oxygen atoms in total. The molecule has 0 bridgehead atoms. The number of nitrogens with one attached hydrogen (secondary N) is 1. The third kappa shape index (κ3) is 5.21. The minimum atomic E-state index is -0.180. The molecule has 1 fully saturated rings. The summed E-state index contributed by atoms with van der Waals surface area (Å²) in [6.45, 7) is 0.0606. The van der Waals surface area contributed by atoms with Crippen molar-refractivity contribution in [2.45, 2.75) is 38.2 Å². The zero-order valence-corrected chi connectivity index (χ0v) is 14.8. The van der Waals surface area contributed by atoms with E-state index >= 15 is 0 Å². The summed E-state index contributed by atoms with van der Waals surface area (Å²) in [6.07, 6.45) is 5.91. The molecular formula is C20H22ClNO3. The van der Waals surface area contributed by atoms with Crippen molar-refractivity contribution in [2.24, 2.45) is 0 Å².